The molecule has 1 aromatic rings. The Balaban J connectivity index is 2.39. The number of nitrogens with one attached hydrogen (secondary N) is 1. The van der Waals surface area contributed by atoms with Gasteiger partial charge >= 0.3 is 0 Å². The van der Waals surface area contributed by atoms with Gasteiger partial charge in [0.15, 0.2) is 0 Å². The van der Waals surface area contributed by atoms with Gasteiger partial charge in [-0.3, -0.25) is 4.79 Å². The number of carbonyl (C=O) groups excluding carboxylic acids is 1. The van der Waals surface area contributed by atoms with Gasteiger partial charge in [-0.25, -0.2) is 0 Å². The molecule has 94 valence electrons. The zero-order valence-corrected chi connectivity index (χ0v) is 10.5. The van der Waals surface area contributed by atoms with E-state index in [9.17, 15) is 9.90 Å². The second-order valence-corrected chi connectivity index (χ2v) is 3.94. The van der Waals surface area contributed by atoms with Crippen LogP contribution in [0.2, 0.25) is 0 Å². The first-order chi connectivity index (χ1) is 8.15. The van der Waals surface area contributed by atoms with Crippen LogP contribution in [0.1, 0.15) is 15.9 Å². The molecular formula is C12H16ClNO3. The van der Waals surface area contributed by atoms with Gasteiger partial charge in [-0.05, 0) is 24.6 Å². The largest absolute Gasteiger partial charge is 0.508 e. The smallest absolute Gasteiger partial charge is 0.251 e. The Morgan fingerprint density at radius 1 is 1.47 bits per heavy atom. The van der Waals surface area contributed by atoms with E-state index in [-0.39, 0.29) is 11.7 Å². The van der Waals surface area contributed by atoms with E-state index in [4.69, 9.17) is 16.3 Å². The highest BCUT2D eigenvalue weighted by Crippen LogP contribution is 2.17. The molecule has 0 fully saturated rings. The van der Waals surface area contributed by atoms with Gasteiger partial charge in [0.05, 0.1) is 13.2 Å². The van der Waals surface area contributed by atoms with Crippen LogP contribution < -0.4 is 5.32 Å². The van der Waals surface area contributed by atoms with Crippen LogP contribution in [-0.4, -0.2) is 36.7 Å². The van der Waals surface area contributed by atoms with Gasteiger partial charge in [-0.1, -0.05) is 6.07 Å². The number of carbonyl (C=O) groups is 1. The molecule has 0 aliphatic heterocycles. The summed E-state index contributed by atoms with van der Waals surface area (Å²) in [6.45, 7) is 3.10. The molecule has 2 N–H and O–H groups in total. The summed E-state index contributed by atoms with van der Waals surface area (Å²) in [6, 6.07) is 4.82. The van der Waals surface area contributed by atoms with Crippen molar-refractivity contribution in [2.45, 2.75) is 6.92 Å². The fourth-order valence-corrected chi connectivity index (χ4v) is 1.36. The molecule has 1 amide bonds. The average molecular weight is 258 g/mol. The molecule has 0 bridgehead atoms. The topological polar surface area (TPSA) is 58.6 Å². The van der Waals surface area contributed by atoms with Crippen LogP contribution in [0.3, 0.4) is 0 Å². The number of hydrogen-bond acceptors (Lipinski definition) is 3. The summed E-state index contributed by atoms with van der Waals surface area (Å²) in [5, 5.41) is 12.2. The first-order valence-corrected chi connectivity index (χ1v) is 5.90. The van der Waals surface area contributed by atoms with Crippen molar-refractivity contribution in [2.75, 3.05) is 25.6 Å². The Kier molecular flexibility index (Phi) is 5.80. The van der Waals surface area contributed by atoms with Crippen molar-refractivity contribution in [1.82, 2.24) is 5.32 Å². The van der Waals surface area contributed by atoms with E-state index in [0.717, 1.165) is 5.56 Å². The van der Waals surface area contributed by atoms with E-state index >= 15 is 0 Å². The molecule has 0 unspecified atom stereocenters. The van der Waals surface area contributed by atoms with Gasteiger partial charge < -0.3 is 15.2 Å². The van der Waals surface area contributed by atoms with E-state index in [1.165, 1.54) is 6.07 Å². The minimum Gasteiger partial charge on any atom is -0.508 e. The maximum absolute atomic E-state index is 11.6. The van der Waals surface area contributed by atoms with Gasteiger partial charge in [0.25, 0.3) is 5.91 Å². The third-order valence-corrected chi connectivity index (χ3v) is 2.38. The highest BCUT2D eigenvalue weighted by Gasteiger charge is 2.06. The summed E-state index contributed by atoms with van der Waals surface area (Å²) in [4.78, 5) is 11.6. The number of amides is 1. The second kappa shape index (κ2) is 7.14. The van der Waals surface area contributed by atoms with Crippen molar-refractivity contribution < 1.29 is 14.6 Å². The predicted octanol–water partition coefficient (Wildman–Crippen LogP) is 1.69. The number of phenolic OH excluding ortho intramolecular Hbond substituents is 1. The monoisotopic (exact) mass is 257 g/mol. The molecule has 0 aromatic heterocycles. The lowest BCUT2D eigenvalue weighted by molar-refractivity contribution is 0.0923. The molecule has 5 heteroatoms. The van der Waals surface area contributed by atoms with Crippen LogP contribution in [0.15, 0.2) is 18.2 Å². The minimum absolute atomic E-state index is 0.121. The van der Waals surface area contributed by atoms with Crippen LogP contribution in [0.4, 0.5) is 0 Å². The summed E-state index contributed by atoms with van der Waals surface area (Å²) in [6.07, 6.45) is 0. The molecule has 0 heterocycles. The number of aromatic hydroxyl groups is 1. The van der Waals surface area contributed by atoms with Crippen molar-refractivity contribution in [3.63, 3.8) is 0 Å². The predicted molar refractivity (Wildman–Crippen MR) is 66.7 cm³/mol. The maximum atomic E-state index is 11.6. The molecule has 0 aliphatic carbocycles. The Labute approximate surface area is 106 Å². The van der Waals surface area contributed by atoms with Crippen LogP contribution in [0.25, 0.3) is 0 Å². The van der Waals surface area contributed by atoms with Gasteiger partial charge in [0.2, 0.25) is 0 Å². The number of rotatable bonds is 6. The van der Waals surface area contributed by atoms with Crippen molar-refractivity contribution in [3.05, 3.63) is 29.3 Å². The second-order valence-electron chi connectivity index (χ2n) is 3.56. The van der Waals surface area contributed by atoms with E-state index in [1.807, 2.05) is 0 Å². The van der Waals surface area contributed by atoms with Gasteiger partial charge in [-0.2, -0.15) is 0 Å². The highest BCUT2D eigenvalue weighted by molar-refractivity contribution is 6.17. The zero-order valence-electron chi connectivity index (χ0n) is 9.70. The lowest BCUT2D eigenvalue weighted by Gasteiger charge is -2.06. The SMILES string of the molecule is Cc1ccc(C(=O)NCCOCCCl)cc1O. The molecule has 0 spiro atoms. The number of alkyl halides is 1. The van der Waals surface area contributed by atoms with Crippen molar-refractivity contribution >= 4 is 17.5 Å². The molecule has 17 heavy (non-hydrogen) atoms. The van der Waals surface area contributed by atoms with E-state index in [2.05, 4.69) is 5.32 Å². The first-order valence-electron chi connectivity index (χ1n) is 5.36. The van der Waals surface area contributed by atoms with E-state index in [1.54, 1.807) is 19.1 Å². The number of halogens is 1. The Bertz CT molecular complexity index is 382. The minimum atomic E-state index is -0.227. The molecule has 0 aliphatic rings. The summed E-state index contributed by atoms with van der Waals surface area (Å²) in [5.41, 5.74) is 1.18. The van der Waals surface area contributed by atoms with Gasteiger partial charge in [0, 0.05) is 18.0 Å². The Morgan fingerprint density at radius 3 is 2.88 bits per heavy atom. The third kappa shape index (κ3) is 4.63. The Morgan fingerprint density at radius 2 is 2.24 bits per heavy atom. The van der Waals surface area contributed by atoms with Crippen LogP contribution in [-0.2, 0) is 4.74 Å². The number of ether oxygens (including phenoxy) is 1. The first kappa shape index (κ1) is 13.8. The lowest BCUT2D eigenvalue weighted by Crippen LogP contribution is -2.27. The lowest BCUT2D eigenvalue weighted by atomic mass is 10.1. The van der Waals surface area contributed by atoms with Crippen molar-refractivity contribution in [3.8, 4) is 5.75 Å². The number of phenols is 1. The van der Waals surface area contributed by atoms with Crippen LogP contribution in [0.5, 0.6) is 5.75 Å². The van der Waals surface area contributed by atoms with Crippen LogP contribution >= 0.6 is 11.6 Å². The third-order valence-electron chi connectivity index (χ3n) is 2.22. The number of aryl methyl sites for hydroxylation is 1. The molecule has 0 saturated heterocycles. The standard InChI is InChI=1S/C12H16ClNO3/c1-9-2-3-10(8-11(9)15)12(16)14-5-7-17-6-4-13/h2-3,8,15H,4-7H2,1H3,(H,14,16). The zero-order chi connectivity index (χ0) is 12.7. The van der Waals surface area contributed by atoms with Gasteiger partial charge in [0.1, 0.15) is 5.75 Å². The highest BCUT2D eigenvalue weighted by atomic mass is 35.5. The summed E-state index contributed by atoms with van der Waals surface area (Å²) < 4.78 is 5.12. The van der Waals surface area contributed by atoms with Gasteiger partial charge in [-0.15, -0.1) is 11.6 Å². The number of hydrogen-bond donors (Lipinski definition) is 2. The molecular weight excluding hydrogens is 242 g/mol. The fourth-order valence-electron chi connectivity index (χ4n) is 1.25. The quantitative estimate of drug-likeness (QED) is 0.602. The molecule has 1 rings (SSSR count). The number of benzene rings is 1. The molecule has 4 nitrogen and oxygen atoms in total. The summed E-state index contributed by atoms with van der Waals surface area (Å²) in [7, 11) is 0. The molecule has 1 aromatic carbocycles. The molecule has 0 atom stereocenters. The normalized spacial score (nSPS) is 10.2. The van der Waals surface area contributed by atoms with Crippen LogP contribution in [0, 0.1) is 6.92 Å². The molecule has 0 saturated carbocycles. The van der Waals surface area contributed by atoms with Crippen molar-refractivity contribution in [1.29, 1.82) is 0 Å². The summed E-state index contributed by atoms with van der Waals surface area (Å²) >= 11 is 5.43. The molecule has 0 radical (unpaired) electrons. The fraction of sp³-hybridized carbons (Fsp3) is 0.417. The Hall–Kier alpha value is -1.26. The maximum Gasteiger partial charge on any atom is 0.251 e. The average Bonchev–Trinajstić information content (AvgIpc) is 2.32. The van der Waals surface area contributed by atoms with E-state index in [0.29, 0.717) is 31.2 Å². The van der Waals surface area contributed by atoms with Crippen molar-refractivity contribution in [2.24, 2.45) is 0 Å². The van der Waals surface area contributed by atoms with E-state index < -0.39 is 0 Å². The summed E-state index contributed by atoms with van der Waals surface area (Å²) in [5.74, 6) is 0.338.